The van der Waals surface area contributed by atoms with Crippen molar-refractivity contribution in [3.05, 3.63) is 35.0 Å². The zero-order valence-corrected chi connectivity index (χ0v) is 11.1. The van der Waals surface area contributed by atoms with E-state index in [1.165, 1.54) is 11.8 Å². The third-order valence-corrected chi connectivity index (χ3v) is 2.99. The number of halogens is 1. The van der Waals surface area contributed by atoms with E-state index in [1.54, 1.807) is 12.3 Å². The number of aryl methyl sites for hydroxylation is 2. The van der Waals surface area contributed by atoms with Crippen LogP contribution in [-0.4, -0.2) is 19.9 Å². The minimum atomic E-state index is 0.451. The van der Waals surface area contributed by atoms with E-state index in [4.69, 9.17) is 11.6 Å². The molecule has 0 amide bonds. The molecule has 17 heavy (non-hydrogen) atoms. The fourth-order valence-corrected chi connectivity index (χ4v) is 2.30. The summed E-state index contributed by atoms with van der Waals surface area (Å²) in [5, 5.41) is 1.89. The lowest BCUT2D eigenvalue weighted by Gasteiger charge is -2.02. The van der Waals surface area contributed by atoms with Gasteiger partial charge in [-0.2, -0.15) is 0 Å². The highest BCUT2D eigenvalue weighted by Gasteiger charge is 2.06. The Bertz CT molecular complexity index is 533. The van der Waals surface area contributed by atoms with Crippen LogP contribution < -0.4 is 0 Å². The third kappa shape index (κ3) is 3.38. The largest absolute Gasteiger partial charge is 0.231 e. The molecule has 0 saturated carbocycles. The van der Waals surface area contributed by atoms with Crippen LogP contribution in [0.25, 0.3) is 0 Å². The standard InChI is InChI=1S/C11H11ClN4S/c1-3-9-15-8(12)6-10(16-9)17-11-13-5-4-7(2)14-11/h4-6H,3H2,1-2H3. The molecule has 0 aliphatic heterocycles. The van der Waals surface area contributed by atoms with Crippen molar-refractivity contribution in [2.45, 2.75) is 30.5 Å². The van der Waals surface area contributed by atoms with Gasteiger partial charge < -0.3 is 0 Å². The molecule has 2 aromatic rings. The Labute approximate surface area is 109 Å². The Morgan fingerprint density at radius 1 is 1.29 bits per heavy atom. The molecule has 0 N–H and O–H groups in total. The summed E-state index contributed by atoms with van der Waals surface area (Å²) < 4.78 is 0. The van der Waals surface area contributed by atoms with Crippen molar-refractivity contribution < 1.29 is 0 Å². The maximum absolute atomic E-state index is 5.92. The van der Waals surface area contributed by atoms with Gasteiger partial charge in [-0.25, -0.2) is 19.9 Å². The molecule has 0 unspecified atom stereocenters. The first-order valence-electron chi connectivity index (χ1n) is 5.18. The Kier molecular flexibility index (Phi) is 3.91. The summed E-state index contributed by atoms with van der Waals surface area (Å²) >= 11 is 7.31. The monoisotopic (exact) mass is 266 g/mol. The summed E-state index contributed by atoms with van der Waals surface area (Å²) in [7, 11) is 0. The lowest BCUT2D eigenvalue weighted by Crippen LogP contribution is -1.95. The summed E-state index contributed by atoms with van der Waals surface area (Å²) in [6.45, 7) is 3.92. The molecule has 6 heteroatoms. The molecule has 0 saturated heterocycles. The van der Waals surface area contributed by atoms with E-state index in [0.29, 0.717) is 10.3 Å². The molecule has 0 aliphatic rings. The molecule has 4 nitrogen and oxygen atoms in total. The fourth-order valence-electron chi connectivity index (χ4n) is 1.22. The highest BCUT2D eigenvalue weighted by molar-refractivity contribution is 7.99. The van der Waals surface area contributed by atoms with Gasteiger partial charge in [0.15, 0.2) is 5.16 Å². The molecule has 2 aromatic heterocycles. The number of nitrogens with zero attached hydrogens (tertiary/aromatic N) is 4. The van der Waals surface area contributed by atoms with Crippen molar-refractivity contribution in [1.29, 1.82) is 0 Å². The second-order valence-electron chi connectivity index (χ2n) is 3.38. The number of aromatic nitrogens is 4. The van der Waals surface area contributed by atoms with Crippen LogP contribution in [0, 0.1) is 6.92 Å². The van der Waals surface area contributed by atoms with Gasteiger partial charge in [0.05, 0.1) is 0 Å². The van der Waals surface area contributed by atoms with Crippen LogP contribution >= 0.6 is 23.4 Å². The van der Waals surface area contributed by atoms with E-state index in [2.05, 4.69) is 19.9 Å². The van der Waals surface area contributed by atoms with Crippen LogP contribution in [0.15, 0.2) is 28.5 Å². The van der Waals surface area contributed by atoms with Gasteiger partial charge in [0.1, 0.15) is 16.0 Å². The lowest BCUT2D eigenvalue weighted by molar-refractivity contribution is 0.879. The van der Waals surface area contributed by atoms with Crippen molar-refractivity contribution in [3.63, 3.8) is 0 Å². The summed E-state index contributed by atoms with van der Waals surface area (Å²) in [6.07, 6.45) is 2.48. The normalized spacial score (nSPS) is 10.5. The van der Waals surface area contributed by atoms with E-state index in [0.717, 1.165) is 23.0 Å². The quantitative estimate of drug-likeness (QED) is 0.631. The highest BCUT2D eigenvalue weighted by Crippen LogP contribution is 2.24. The van der Waals surface area contributed by atoms with E-state index < -0.39 is 0 Å². The van der Waals surface area contributed by atoms with E-state index in [-0.39, 0.29) is 0 Å². The summed E-state index contributed by atoms with van der Waals surface area (Å²) in [6, 6.07) is 3.57. The van der Waals surface area contributed by atoms with Gasteiger partial charge >= 0.3 is 0 Å². The van der Waals surface area contributed by atoms with Gasteiger partial charge in [0.2, 0.25) is 0 Å². The molecule has 0 spiro atoms. The minimum Gasteiger partial charge on any atom is -0.231 e. The summed E-state index contributed by atoms with van der Waals surface area (Å²) in [5.74, 6) is 0.729. The predicted molar refractivity (Wildman–Crippen MR) is 67.3 cm³/mol. The minimum absolute atomic E-state index is 0.451. The van der Waals surface area contributed by atoms with Gasteiger partial charge in [-0.05, 0) is 24.8 Å². The first-order chi connectivity index (χ1) is 8.17. The average Bonchev–Trinajstić information content (AvgIpc) is 2.28. The van der Waals surface area contributed by atoms with Crippen molar-refractivity contribution in [1.82, 2.24) is 19.9 Å². The van der Waals surface area contributed by atoms with Gasteiger partial charge in [0, 0.05) is 24.4 Å². The lowest BCUT2D eigenvalue weighted by atomic mass is 10.4. The van der Waals surface area contributed by atoms with E-state index in [9.17, 15) is 0 Å². The molecule has 0 bridgehead atoms. The average molecular weight is 267 g/mol. The summed E-state index contributed by atoms with van der Waals surface area (Å²) in [5.41, 5.74) is 0.929. The zero-order chi connectivity index (χ0) is 12.3. The van der Waals surface area contributed by atoms with E-state index in [1.807, 2.05) is 19.9 Å². The van der Waals surface area contributed by atoms with Gasteiger partial charge in [-0.3, -0.25) is 0 Å². The highest BCUT2D eigenvalue weighted by atomic mass is 35.5. The molecule has 0 fully saturated rings. The number of hydrogen-bond acceptors (Lipinski definition) is 5. The molecule has 0 aliphatic carbocycles. The summed E-state index contributed by atoms with van der Waals surface area (Å²) in [4.78, 5) is 16.9. The zero-order valence-electron chi connectivity index (χ0n) is 9.51. The van der Waals surface area contributed by atoms with Gasteiger partial charge in [-0.15, -0.1) is 0 Å². The van der Waals surface area contributed by atoms with Crippen LogP contribution in [0.2, 0.25) is 5.15 Å². The second-order valence-corrected chi connectivity index (χ2v) is 4.76. The second kappa shape index (κ2) is 5.42. The maximum atomic E-state index is 5.92. The molecular weight excluding hydrogens is 256 g/mol. The molecule has 0 atom stereocenters. The molecular formula is C11H11ClN4S. The predicted octanol–water partition coefficient (Wildman–Crippen LogP) is 2.94. The Morgan fingerprint density at radius 2 is 2.12 bits per heavy atom. The smallest absolute Gasteiger partial charge is 0.194 e. The number of hydrogen-bond donors (Lipinski definition) is 0. The van der Waals surface area contributed by atoms with Crippen molar-refractivity contribution in [2.75, 3.05) is 0 Å². The van der Waals surface area contributed by atoms with Crippen LogP contribution in [-0.2, 0) is 6.42 Å². The van der Waals surface area contributed by atoms with Crippen LogP contribution in [0.4, 0.5) is 0 Å². The molecule has 88 valence electrons. The molecule has 2 heterocycles. The number of rotatable bonds is 3. The van der Waals surface area contributed by atoms with Crippen molar-refractivity contribution in [2.24, 2.45) is 0 Å². The van der Waals surface area contributed by atoms with Crippen LogP contribution in [0.5, 0.6) is 0 Å². The van der Waals surface area contributed by atoms with Crippen LogP contribution in [0.1, 0.15) is 18.4 Å². The first kappa shape index (κ1) is 12.3. The van der Waals surface area contributed by atoms with Gasteiger partial charge in [-0.1, -0.05) is 18.5 Å². The molecule has 0 aromatic carbocycles. The van der Waals surface area contributed by atoms with E-state index >= 15 is 0 Å². The molecule has 0 radical (unpaired) electrons. The molecule has 2 rings (SSSR count). The van der Waals surface area contributed by atoms with Crippen LogP contribution in [0.3, 0.4) is 0 Å². The Hall–Kier alpha value is -1.20. The van der Waals surface area contributed by atoms with Crippen molar-refractivity contribution in [3.8, 4) is 0 Å². The third-order valence-electron chi connectivity index (χ3n) is 2.00. The Morgan fingerprint density at radius 3 is 2.82 bits per heavy atom. The van der Waals surface area contributed by atoms with Crippen molar-refractivity contribution >= 4 is 23.4 Å². The maximum Gasteiger partial charge on any atom is 0.194 e. The topological polar surface area (TPSA) is 51.6 Å². The van der Waals surface area contributed by atoms with Gasteiger partial charge in [0.25, 0.3) is 0 Å². The SMILES string of the molecule is CCc1nc(Cl)cc(Sc2nccc(C)n2)n1. The first-order valence-corrected chi connectivity index (χ1v) is 6.38. The Balaban J connectivity index is 2.26. The fraction of sp³-hybridized carbons (Fsp3) is 0.273.